The van der Waals surface area contributed by atoms with Crippen molar-refractivity contribution < 1.29 is 17.9 Å². The molecule has 1 aliphatic carbocycles. The van der Waals surface area contributed by atoms with Crippen molar-refractivity contribution in [1.82, 2.24) is 14.3 Å². The van der Waals surface area contributed by atoms with Gasteiger partial charge in [0.1, 0.15) is 5.69 Å². The number of amides is 1. The predicted molar refractivity (Wildman–Crippen MR) is 136 cm³/mol. The third kappa shape index (κ3) is 6.20. The Labute approximate surface area is 207 Å². The van der Waals surface area contributed by atoms with E-state index in [0.717, 1.165) is 36.0 Å². The van der Waals surface area contributed by atoms with Gasteiger partial charge in [-0.05, 0) is 54.4 Å². The molecule has 1 amide bonds. The summed E-state index contributed by atoms with van der Waals surface area (Å²) in [5.41, 5.74) is 4.31. The van der Waals surface area contributed by atoms with E-state index in [2.05, 4.69) is 41.1 Å². The minimum Gasteiger partial charge on any atom is -0.379 e. The highest BCUT2D eigenvalue weighted by Crippen LogP contribution is 2.40. The zero-order valence-corrected chi connectivity index (χ0v) is 21.1. The molecule has 2 heterocycles. The van der Waals surface area contributed by atoms with Gasteiger partial charge < -0.3 is 15.0 Å². The molecule has 4 rings (SSSR count). The SMILES string of the molecule is C#Cc1cnc(C(=O)Nc2ccc(CCS(=O)(=O)N3CCOCC3)cc2C2=CCC(C)(C)CC2)[nH]1. The number of hydrogen-bond acceptors (Lipinski definition) is 5. The molecule has 35 heavy (non-hydrogen) atoms. The fourth-order valence-electron chi connectivity index (χ4n) is 4.34. The van der Waals surface area contributed by atoms with Crippen LogP contribution in [0.1, 0.15) is 60.5 Å². The van der Waals surface area contributed by atoms with Gasteiger partial charge in [0.15, 0.2) is 5.82 Å². The van der Waals surface area contributed by atoms with Crippen LogP contribution in [0.4, 0.5) is 5.69 Å². The summed E-state index contributed by atoms with van der Waals surface area (Å²) in [5, 5.41) is 2.95. The van der Waals surface area contributed by atoms with E-state index in [1.54, 1.807) is 0 Å². The summed E-state index contributed by atoms with van der Waals surface area (Å²) in [6.07, 6.45) is 12.3. The van der Waals surface area contributed by atoms with Gasteiger partial charge in [0.25, 0.3) is 5.91 Å². The number of rotatable bonds is 7. The number of carbonyl (C=O) groups is 1. The molecule has 0 unspecified atom stereocenters. The standard InChI is InChI=1S/C26H32N4O4S/c1-4-21-18-27-24(28-21)25(31)29-23-6-5-19(9-16-35(32,33)30-12-14-34-15-13-30)17-22(23)20-7-10-26(2,3)11-8-20/h1,5-7,17-18H,8-16H2,2-3H3,(H,27,28)(H,29,31). The number of anilines is 1. The smallest absolute Gasteiger partial charge is 0.291 e. The highest BCUT2D eigenvalue weighted by Gasteiger charge is 2.26. The maximum atomic E-state index is 12.8. The first-order valence-corrected chi connectivity index (χ1v) is 13.5. The van der Waals surface area contributed by atoms with E-state index in [0.29, 0.717) is 44.1 Å². The van der Waals surface area contributed by atoms with Crippen LogP contribution in [0.25, 0.3) is 5.57 Å². The second-order valence-corrected chi connectivity index (χ2v) is 11.9. The number of terminal acetylenes is 1. The molecule has 1 aliphatic heterocycles. The highest BCUT2D eigenvalue weighted by atomic mass is 32.2. The fraction of sp³-hybridized carbons (Fsp3) is 0.462. The molecule has 186 valence electrons. The van der Waals surface area contributed by atoms with Crippen molar-refractivity contribution in [3.8, 4) is 12.3 Å². The number of carbonyl (C=O) groups excluding carboxylic acids is 1. The normalized spacial score (nSPS) is 18.5. The molecule has 0 saturated carbocycles. The lowest BCUT2D eigenvalue weighted by Crippen LogP contribution is -2.42. The summed E-state index contributed by atoms with van der Waals surface area (Å²) in [7, 11) is -3.36. The zero-order chi connectivity index (χ0) is 25.1. The lowest BCUT2D eigenvalue weighted by molar-refractivity contribution is 0.0730. The van der Waals surface area contributed by atoms with Gasteiger partial charge in [0, 0.05) is 24.3 Å². The van der Waals surface area contributed by atoms with Crippen molar-refractivity contribution in [2.24, 2.45) is 5.41 Å². The van der Waals surface area contributed by atoms with Gasteiger partial charge in [-0.1, -0.05) is 31.9 Å². The van der Waals surface area contributed by atoms with Gasteiger partial charge in [0.2, 0.25) is 10.0 Å². The van der Waals surface area contributed by atoms with Gasteiger partial charge in [-0.15, -0.1) is 6.42 Å². The van der Waals surface area contributed by atoms with Crippen molar-refractivity contribution in [1.29, 1.82) is 0 Å². The summed E-state index contributed by atoms with van der Waals surface area (Å²) >= 11 is 0. The summed E-state index contributed by atoms with van der Waals surface area (Å²) < 4.78 is 32.4. The van der Waals surface area contributed by atoms with Crippen LogP contribution < -0.4 is 5.32 Å². The second kappa shape index (κ2) is 10.4. The van der Waals surface area contributed by atoms with Crippen LogP contribution in [0.15, 0.2) is 30.5 Å². The Bertz CT molecular complexity index is 1260. The number of nitrogens with one attached hydrogen (secondary N) is 2. The van der Waals surface area contributed by atoms with Crippen LogP contribution in [0.5, 0.6) is 0 Å². The van der Waals surface area contributed by atoms with Crippen LogP contribution in [0, 0.1) is 17.8 Å². The van der Waals surface area contributed by atoms with Crippen LogP contribution in [-0.2, 0) is 21.2 Å². The molecule has 2 aliphatic rings. The number of aromatic amines is 1. The van der Waals surface area contributed by atoms with Gasteiger partial charge in [-0.3, -0.25) is 4.79 Å². The van der Waals surface area contributed by atoms with Crippen molar-refractivity contribution in [2.75, 3.05) is 37.4 Å². The van der Waals surface area contributed by atoms with Crippen molar-refractivity contribution in [3.63, 3.8) is 0 Å². The molecule has 1 aromatic carbocycles. The average molecular weight is 497 g/mol. The fourth-order valence-corrected chi connectivity index (χ4v) is 5.79. The number of morpholine rings is 1. The quantitative estimate of drug-likeness (QED) is 0.572. The average Bonchev–Trinajstić information content (AvgIpc) is 3.34. The monoisotopic (exact) mass is 496 g/mol. The Kier molecular flexibility index (Phi) is 7.45. The van der Waals surface area contributed by atoms with E-state index in [9.17, 15) is 13.2 Å². The Hall–Kier alpha value is -2.93. The highest BCUT2D eigenvalue weighted by molar-refractivity contribution is 7.89. The largest absolute Gasteiger partial charge is 0.379 e. The summed E-state index contributed by atoms with van der Waals surface area (Å²) in [6, 6.07) is 5.72. The van der Waals surface area contributed by atoms with E-state index in [4.69, 9.17) is 11.2 Å². The second-order valence-electron chi connectivity index (χ2n) is 9.80. The predicted octanol–water partition coefficient (Wildman–Crippen LogP) is 3.44. The van der Waals surface area contributed by atoms with Gasteiger partial charge in [0.05, 0.1) is 25.2 Å². The van der Waals surface area contributed by atoms with E-state index in [1.807, 2.05) is 18.2 Å². The number of aryl methyl sites for hydroxylation is 1. The molecule has 8 nitrogen and oxygen atoms in total. The van der Waals surface area contributed by atoms with E-state index < -0.39 is 10.0 Å². The first kappa shape index (κ1) is 25.2. The van der Waals surface area contributed by atoms with E-state index >= 15 is 0 Å². The lowest BCUT2D eigenvalue weighted by atomic mass is 9.76. The number of sulfonamides is 1. The molecule has 1 fully saturated rings. The number of ether oxygens (including phenoxy) is 1. The van der Waals surface area contributed by atoms with Crippen LogP contribution in [-0.4, -0.2) is 60.7 Å². The molecular weight excluding hydrogens is 464 g/mol. The minimum absolute atomic E-state index is 0.0332. The molecule has 2 N–H and O–H groups in total. The molecule has 1 aromatic heterocycles. The van der Waals surface area contributed by atoms with E-state index in [-0.39, 0.29) is 22.9 Å². The maximum Gasteiger partial charge on any atom is 0.291 e. The topological polar surface area (TPSA) is 104 Å². The summed E-state index contributed by atoms with van der Waals surface area (Å²) in [4.78, 5) is 19.7. The lowest BCUT2D eigenvalue weighted by Gasteiger charge is -2.29. The number of imidazole rings is 1. The molecule has 0 bridgehead atoms. The molecule has 0 atom stereocenters. The molecule has 0 spiro atoms. The number of nitrogens with zero attached hydrogens (tertiary/aromatic N) is 2. The van der Waals surface area contributed by atoms with Gasteiger partial charge in [-0.25, -0.2) is 13.4 Å². The molecule has 2 aromatic rings. The molecule has 1 saturated heterocycles. The maximum absolute atomic E-state index is 12.8. The first-order chi connectivity index (χ1) is 16.7. The zero-order valence-electron chi connectivity index (χ0n) is 20.3. The minimum atomic E-state index is -3.36. The van der Waals surface area contributed by atoms with Crippen molar-refractivity contribution in [3.05, 3.63) is 53.1 Å². The number of benzene rings is 1. The van der Waals surface area contributed by atoms with Crippen molar-refractivity contribution >= 4 is 27.2 Å². The number of allylic oxidation sites excluding steroid dienone is 2. The van der Waals surface area contributed by atoms with E-state index in [1.165, 1.54) is 10.5 Å². The van der Waals surface area contributed by atoms with Gasteiger partial charge >= 0.3 is 0 Å². The molecule has 0 radical (unpaired) electrons. The number of hydrogen-bond donors (Lipinski definition) is 2. The number of aromatic nitrogens is 2. The van der Waals surface area contributed by atoms with Crippen LogP contribution in [0.3, 0.4) is 0 Å². The third-order valence-electron chi connectivity index (χ3n) is 6.61. The van der Waals surface area contributed by atoms with Crippen LogP contribution >= 0.6 is 0 Å². The Balaban J connectivity index is 1.57. The molecular formula is C26H32N4O4S. The Morgan fingerprint density at radius 3 is 2.74 bits per heavy atom. The Morgan fingerprint density at radius 2 is 2.09 bits per heavy atom. The third-order valence-corrected chi connectivity index (χ3v) is 8.48. The first-order valence-electron chi connectivity index (χ1n) is 11.9. The Morgan fingerprint density at radius 1 is 1.31 bits per heavy atom. The molecule has 9 heteroatoms. The van der Waals surface area contributed by atoms with Gasteiger partial charge in [-0.2, -0.15) is 4.31 Å². The summed E-state index contributed by atoms with van der Waals surface area (Å²) in [5.74, 6) is 2.22. The van der Waals surface area contributed by atoms with Crippen LogP contribution in [0.2, 0.25) is 0 Å². The van der Waals surface area contributed by atoms with Crippen molar-refractivity contribution in [2.45, 2.75) is 39.5 Å². The number of H-pyrrole nitrogens is 1. The summed E-state index contributed by atoms with van der Waals surface area (Å²) in [6.45, 7) is 6.15.